The fourth-order valence-corrected chi connectivity index (χ4v) is 8.27. The highest BCUT2D eigenvalue weighted by Crippen LogP contribution is 2.16. The predicted molar refractivity (Wildman–Crippen MR) is 298 cm³/mol. The first kappa shape index (κ1) is 65.8. The molecule has 398 valence electrons. The minimum atomic E-state index is -0.776. The van der Waals surface area contributed by atoms with Gasteiger partial charge in [0.15, 0.2) is 6.10 Å². The molecule has 0 aliphatic carbocycles. The summed E-state index contributed by atoms with van der Waals surface area (Å²) in [7, 11) is 0. The Morgan fingerprint density at radius 2 is 0.580 bits per heavy atom. The quantitative estimate of drug-likeness (QED) is 0.0262. The van der Waals surface area contributed by atoms with Crippen molar-refractivity contribution in [1.29, 1.82) is 0 Å². The van der Waals surface area contributed by atoms with Gasteiger partial charge in [0.05, 0.1) is 0 Å². The summed E-state index contributed by atoms with van der Waals surface area (Å²) in [5.74, 6) is -0.880. The molecule has 0 saturated carbocycles. The summed E-state index contributed by atoms with van der Waals surface area (Å²) in [5, 5.41) is 0. The normalized spacial score (nSPS) is 12.6. The Bertz CT molecular complexity index is 1290. The minimum Gasteiger partial charge on any atom is -0.462 e. The molecule has 0 saturated heterocycles. The van der Waals surface area contributed by atoms with Crippen LogP contribution in [0.3, 0.4) is 0 Å². The van der Waals surface area contributed by atoms with E-state index in [0.717, 1.165) is 96.3 Å². The maximum atomic E-state index is 12.8. The van der Waals surface area contributed by atoms with Gasteiger partial charge in [-0.3, -0.25) is 14.4 Å². The molecule has 0 aromatic heterocycles. The van der Waals surface area contributed by atoms with Crippen molar-refractivity contribution >= 4 is 17.9 Å². The zero-order valence-corrected chi connectivity index (χ0v) is 45.6. The number of carbonyl (C=O) groups is 3. The van der Waals surface area contributed by atoms with Crippen LogP contribution in [-0.2, 0) is 28.6 Å². The molecule has 1 atom stereocenters. The fourth-order valence-electron chi connectivity index (χ4n) is 8.27. The van der Waals surface area contributed by atoms with E-state index >= 15 is 0 Å². The molecule has 0 radical (unpaired) electrons. The van der Waals surface area contributed by atoms with E-state index in [1.807, 2.05) is 0 Å². The smallest absolute Gasteiger partial charge is 0.306 e. The van der Waals surface area contributed by atoms with Gasteiger partial charge >= 0.3 is 17.9 Å². The predicted octanol–water partition coefficient (Wildman–Crippen LogP) is 19.8. The van der Waals surface area contributed by atoms with Gasteiger partial charge in [0.25, 0.3) is 0 Å². The second-order valence-electron chi connectivity index (χ2n) is 19.5. The summed E-state index contributed by atoms with van der Waals surface area (Å²) in [6, 6.07) is 0. The highest BCUT2D eigenvalue weighted by atomic mass is 16.6. The van der Waals surface area contributed by atoms with Gasteiger partial charge in [0.1, 0.15) is 13.2 Å². The van der Waals surface area contributed by atoms with Crippen LogP contribution in [0.5, 0.6) is 0 Å². The molecule has 0 amide bonds. The van der Waals surface area contributed by atoms with Crippen molar-refractivity contribution in [2.24, 2.45) is 0 Å². The first-order chi connectivity index (χ1) is 34.0. The number of esters is 3. The number of allylic oxidation sites excluding steroid dienone is 12. The van der Waals surface area contributed by atoms with Crippen LogP contribution < -0.4 is 0 Å². The van der Waals surface area contributed by atoms with E-state index in [2.05, 4.69) is 93.7 Å². The summed E-state index contributed by atoms with van der Waals surface area (Å²) in [6.45, 7) is 6.50. The monoisotopic (exact) mass is 963 g/mol. The molecule has 0 aromatic carbocycles. The summed E-state index contributed by atoms with van der Waals surface area (Å²) in [6.07, 6.45) is 73.3. The van der Waals surface area contributed by atoms with Gasteiger partial charge in [-0.1, -0.05) is 261 Å². The van der Waals surface area contributed by atoms with Gasteiger partial charge < -0.3 is 14.2 Å². The van der Waals surface area contributed by atoms with Gasteiger partial charge in [0.2, 0.25) is 0 Å². The Hall–Kier alpha value is -3.15. The maximum absolute atomic E-state index is 12.8. The number of unbranched alkanes of at least 4 members (excludes halogenated alkanes) is 30. The number of hydrogen-bond acceptors (Lipinski definition) is 6. The van der Waals surface area contributed by atoms with Crippen molar-refractivity contribution in [3.05, 3.63) is 72.9 Å². The van der Waals surface area contributed by atoms with Gasteiger partial charge in [-0.2, -0.15) is 0 Å². The average molecular weight is 964 g/mol. The van der Waals surface area contributed by atoms with Gasteiger partial charge in [-0.15, -0.1) is 0 Å². The summed E-state index contributed by atoms with van der Waals surface area (Å²) in [4.78, 5) is 38.1. The second kappa shape index (κ2) is 57.4. The number of rotatable bonds is 53. The molecule has 6 nitrogen and oxygen atoms in total. The lowest BCUT2D eigenvalue weighted by molar-refractivity contribution is -0.167. The zero-order valence-electron chi connectivity index (χ0n) is 45.6. The van der Waals surface area contributed by atoms with Crippen LogP contribution in [0.15, 0.2) is 72.9 Å². The van der Waals surface area contributed by atoms with Gasteiger partial charge in [0, 0.05) is 19.3 Å². The van der Waals surface area contributed by atoms with Gasteiger partial charge in [-0.25, -0.2) is 0 Å². The van der Waals surface area contributed by atoms with E-state index in [1.165, 1.54) is 154 Å². The summed E-state index contributed by atoms with van der Waals surface area (Å²) >= 11 is 0. The van der Waals surface area contributed by atoms with Crippen molar-refractivity contribution in [2.45, 2.75) is 297 Å². The average Bonchev–Trinajstić information content (AvgIpc) is 3.35. The van der Waals surface area contributed by atoms with Crippen LogP contribution >= 0.6 is 0 Å². The molecule has 0 spiro atoms. The molecule has 0 fully saturated rings. The Morgan fingerprint density at radius 1 is 0.304 bits per heavy atom. The maximum Gasteiger partial charge on any atom is 0.306 e. The number of hydrogen-bond donors (Lipinski definition) is 0. The SMILES string of the molecule is CC/C=C\C/C=C\C/C=C\C/C=C\C/C=C\CCCCCCCCCCCCCC(=O)OCC(COC(=O)CCCCCCC/C=C\CCCC)OC(=O)CCCCCCCCCCCCCCC. The lowest BCUT2D eigenvalue weighted by Gasteiger charge is -2.18. The van der Waals surface area contributed by atoms with Crippen LogP contribution in [0.1, 0.15) is 290 Å². The topological polar surface area (TPSA) is 78.9 Å². The molecule has 1 unspecified atom stereocenters. The molecular weight excluding hydrogens is 853 g/mol. The largest absolute Gasteiger partial charge is 0.462 e. The third-order valence-electron chi connectivity index (χ3n) is 12.7. The van der Waals surface area contributed by atoms with Crippen LogP contribution in [0, 0.1) is 0 Å². The molecular formula is C63H110O6. The Balaban J connectivity index is 4.21. The highest BCUT2D eigenvalue weighted by molar-refractivity contribution is 5.71. The third-order valence-corrected chi connectivity index (χ3v) is 12.7. The Labute approximate surface area is 427 Å². The molecule has 0 aliphatic rings. The van der Waals surface area contributed by atoms with Crippen LogP contribution in [-0.4, -0.2) is 37.2 Å². The Morgan fingerprint density at radius 3 is 0.942 bits per heavy atom. The zero-order chi connectivity index (χ0) is 50.0. The van der Waals surface area contributed by atoms with Crippen LogP contribution in [0.2, 0.25) is 0 Å². The molecule has 0 N–H and O–H groups in total. The highest BCUT2D eigenvalue weighted by Gasteiger charge is 2.19. The number of ether oxygens (including phenoxy) is 3. The van der Waals surface area contributed by atoms with E-state index < -0.39 is 6.10 Å². The molecule has 0 aliphatic heterocycles. The van der Waals surface area contributed by atoms with E-state index in [1.54, 1.807) is 0 Å². The van der Waals surface area contributed by atoms with E-state index in [4.69, 9.17) is 14.2 Å². The van der Waals surface area contributed by atoms with Crippen LogP contribution in [0.4, 0.5) is 0 Å². The van der Waals surface area contributed by atoms with Crippen molar-refractivity contribution in [1.82, 2.24) is 0 Å². The molecule has 0 rings (SSSR count). The molecule has 0 bridgehead atoms. The second-order valence-corrected chi connectivity index (χ2v) is 19.5. The van der Waals surface area contributed by atoms with Crippen molar-refractivity contribution < 1.29 is 28.6 Å². The number of carbonyl (C=O) groups excluding carboxylic acids is 3. The van der Waals surface area contributed by atoms with Gasteiger partial charge in [-0.05, 0) is 83.5 Å². The molecule has 6 heteroatoms. The van der Waals surface area contributed by atoms with Crippen LogP contribution in [0.25, 0.3) is 0 Å². The third kappa shape index (κ3) is 55.6. The Kier molecular flexibility index (Phi) is 54.8. The van der Waals surface area contributed by atoms with E-state index in [0.29, 0.717) is 19.3 Å². The lowest BCUT2D eigenvalue weighted by Crippen LogP contribution is -2.30. The fraction of sp³-hybridized carbons (Fsp3) is 0.762. The first-order valence-corrected chi connectivity index (χ1v) is 29.4. The first-order valence-electron chi connectivity index (χ1n) is 29.4. The standard InChI is InChI=1S/C63H110O6/c1-4-7-10-13-16-19-22-24-25-26-27-28-29-30-31-32-33-34-35-36-37-39-41-44-47-50-53-56-62(65)68-59-60(58-67-61(64)55-52-49-46-43-40-21-18-15-12-9-6-3)69-63(66)57-54-51-48-45-42-38-23-20-17-14-11-8-5-2/h7,10,15-16,18-19,24-25,27-28,30-31,60H,4-6,8-9,11-14,17,20-23,26,29,32-59H2,1-3H3/b10-7-,18-15-,19-16-,25-24-,28-27-,31-30-. The molecule has 0 heterocycles. The summed E-state index contributed by atoms with van der Waals surface area (Å²) in [5.41, 5.74) is 0. The van der Waals surface area contributed by atoms with E-state index in [-0.39, 0.29) is 31.1 Å². The molecule has 0 aromatic rings. The summed E-state index contributed by atoms with van der Waals surface area (Å²) < 4.78 is 16.8. The minimum absolute atomic E-state index is 0.0767. The van der Waals surface area contributed by atoms with Crippen molar-refractivity contribution in [3.63, 3.8) is 0 Å². The van der Waals surface area contributed by atoms with Crippen molar-refractivity contribution in [3.8, 4) is 0 Å². The molecule has 69 heavy (non-hydrogen) atoms. The lowest BCUT2D eigenvalue weighted by atomic mass is 10.0. The van der Waals surface area contributed by atoms with Crippen molar-refractivity contribution in [2.75, 3.05) is 13.2 Å². The van der Waals surface area contributed by atoms with E-state index in [9.17, 15) is 14.4 Å².